The molecule has 0 aliphatic rings. The maximum absolute atomic E-state index is 12.1. The van der Waals surface area contributed by atoms with E-state index in [1.54, 1.807) is 43.1 Å². The largest absolute Gasteiger partial charge is 0.481 e. The molecule has 0 saturated carbocycles. The second-order valence-electron chi connectivity index (χ2n) is 4.88. The van der Waals surface area contributed by atoms with Gasteiger partial charge in [0, 0.05) is 25.2 Å². The molecule has 0 radical (unpaired) electrons. The number of ketones is 1. The molecular formula is C15H22N2O3. The van der Waals surface area contributed by atoms with Crippen molar-refractivity contribution in [2.75, 3.05) is 13.6 Å². The molecular weight excluding hydrogens is 256 g/mol. The summed E-state index contributed by atoms with van der Waals surface area (Å²) in [5.41, 5.74) is 6.11. The molecule has 0 aliphatic carbocycles. The van der Waals surface area contributed by atoms with Gasteiger partial charge in [-0.15, -0.1) is 0 Å². The summed E-state index contributed by atoms with van der Waals surface area (Å²) >= 11 is 0. The summed E-state index contributed by atoms with van der Waals surface area (Å²) < 4.78 is 5.60. The number of carbonyl (C=O) groups excluding carboxylic acids is 2. The van der Waals surface area contributed by atoms with Gasteiger partial charge >= 0.3 is 0 Å². The molecule has 1 aromatic carbocycles. The number of likely N-dealkylation sites (N-methyl/N-ethyl adjacent to an activating group) is 1. The van der Waals surface area contributed by atoms with Crippen LogP contribution >= 0.6 is 0 Å². The molecule has 2 atom stereocenters. The summed E-state index contributed by atoms with van der Waals surface area (Å²) in [6.07, 6.45) is -0.629. The van der Waals surface area contributed by atoms with Crippen molar-refractivity contribution in [3.8, 4) is 5.75 Å². The molecule has 110 valence electrons. The standard InChI is InChI=1S/C15H22N2O3/c1-10(9-16)17(4)15(19)12(3)20-14-7-5-6-13(8-14)11(2)18/h5-8,10,12H,9,16H2,1-4H3. The van der Waals surface area contributed by atoms with Crippen molar-refractivity contribution >= 4 is 11.7 Å². The Hall–Kier alpha value is -1.88. The van der Waals surface area contributed by atoms with Crippen LogP contribution in [-0.2, 0) is 4.79 Å². The summed E-state index contributed by atoms with van der Waals surface area (Å²) in [7, 11) is 1.70. The van der Waals surface area contributed by atoms with Crippen LogP contribution in [0.3, 0.4) is 0 Å². The molecule has 5 heteroatoms. The van der Waals surface area contributed by atoms with Crippen LogP contribution < -0.4 is 10.5 Å². The van der Waals surface area contributed by atoms with Crippen molar-refractivity contribution in [2.45, 2.75) is 32.9 Å². The average molecular weight is 278 g/mol. The van der Waals surface area contributed by atoms with Gasteiger partial charge in [-0.1, -0.05) is 12.1 Å². The van der Waals surface area contributed by atoms with Gasteiger partial charge in [-0.25, -0.2) is 0 Å². The highest BCUT2D eigenvalue weighted by atomic mass is 16.5. The topological polar surface area (TPSA) is 72.6 Å². The summed E-state index contributed by atoms with van der Waals surface area (Å²) in [6.45, 7) is 5.45. The number of ether oxygens (including phenoxy) is 1. The Balaban J connectivity index is 2.75. The maximum Gasteiger partial charge on any atom is 0.263 e. The molecule has 2 unspecified atom stereocenters. The number of Topliss-reactive ketones (excluding diaryl/α,β-unsaturated/α-hetero) is 1. The maximum atomic E-state index is 12.1. The molecule has 0 saturated heterocycles. The number of hydrogen-bond donors (Lipinski definition) is 1. The van der Waals surface area contributed by atoms with E-state index in [4.69, 9.17) is 10.5 Å². The highest BCUT2D eigenvalue weighted by Crippen LogP contribution is 2.16. The molecule has 1 amide bonds. The molecule has 5 nitrogen and oxygen atoms in total. The first kappa shape index (κ1) is 16.2. The van der Waals surface area contributed by atoms with Gasteiger partial charge in [0.2, 0.25) is 0 Å². The molecule has 0 bridgehead atoms. The van der Waals surface area contributed by atoms with E-state index in [1.165, 1.54) is 6.92 Å². The smallest absolute Gasteiger partial charge is 0.263 e. The van der Waals surface area contributed by atoms with Crippen LogP contribution in [0.15, 0.2) is 24.3 Å². The predicted octanol–water partition coefficient (Wildman–Crippen LogP) is 1.46. The molecule has 0 spiro atoms. The zero-order valence-electron chi connectivity index (χ0n) is 12.4. The van der Waals surface area contributed by atoms with Gasteiger partial charge in [0.25, 0.3) is 5.91 Å². The fraction of sp³-hybridized carbons (Fsp3) is 0.467. The predicted molar refractivity (Wildman–Crippen MR) is 77.8 cm³/mol. The van der Waals surface area contributed by atoms with Gasteiger partial charge in [-0.3, -0.25) is 9.59 Å². The van der Waals surface area contributed by atoms with E-state index in [0.717, 1.165) is 0 Å². The first-order valence-corrected chi connectivity index (χ1v) is 6.61. The third kappa shape index (κ3) is 4.06. The SMILES string of the molecule is CC(=O)c1cccc(OC(C)C(=O)N(C)C(C)CN)c1. The van der Waals surface area contributed by atoms with Crippen LogP contribution in [0.4, 0.5) is 0 Å². The van der Waals surface area contributed by atoms with Gasteiger partial charge in [-0.2, -0.15) is 0 Å². The van der Waals surface area contributed by atoms with Crippen molar-refractivity contribution in [3.05, 3.63) is 29.8 Å². The molecule has 0 aliphatic heterocycles. The number of carbonyl (C=O) groups is 2. The summed E-state index contributed by atoms with van der Waals surface area (Å²) in [5.74, 6) is 0.326. The van der Waals surface area contributed by atoms with Gasteiger partial charge in [0.1, 0.15) is 5.75 Å². The zero-order chi connectivity index (χ0) is 15.3. The van der Waals surface area contributed by atoms with Crippen molar-refractivity contribution in [2.24, 2.45) is 5.73 Å². The summed E-state index contributed by atoms with van der Waals surface area (Å²) in [6, 6.07) is 6.76. The van der Waals surface area contributed by atoms with Gasteiger partial charge in [0.05, 0.1) is 0 Å². The third-order valence-corrected chi connectivity index (χ3v) is 3.25. The van der Waals surface area contributed by atoms with E-state index >= 15 is 0 Å². The lowest BCUT2D eigenvalue weighted by molar-refractivity contribution is -0.138. The van der Waals surface area contributed by atoms with Crippen molar-refractivity contribution in [3.63, 3.8) is 0 Å². The van der Waals surface area contributed by atoms with Crippen LogP contribution in [0.2, 0.25) is 0 Å². The highest BCUT2D eigenvalue weighted by Gasteiger charge is 2.22. The van der Waals surface area contributed by atoms with Crippen LogP contribution in [0, 0.1) is 0 Å². The van der Waals surface area contributed by atoms with E-state index in [9.17, 15) is 9.59 Å². The van der Waals surface area contributed by atoms with E-state index in [1.807, 2.05) is 6.92 Å². The lowest BCUT2D eigenvalue weighted by Crippen LogP contribution is -2.45. The first-order valence-electron chi connectivity index (χ1n) is 6.61. The molecule has 1 aromatic rings. The van der Waals surface area contributed by atoms with E-state index in [0.29, 0.717) is 17.9 Å². The molecule has 2 N–H and O–H groups in total. The van der Waals surface area contributed by atoms with Crippen molar-refractivity contribution < 1.29 is 14.3 Å². The number of rotatable bonds is 6. The number of benzene rings is 1. The molecule has 0 aromatic heterocycles. The van der Waals surface area contributed by atoms with E-state index < -0.39 is 6.10 Å². The van der Waals surface area contributed by atoms with Crippen LogP contribution in [-0.4, -0.2) is 42.3 Å². The summed E-state index contributed by atoms with van der Waals surface area (Å²) in [5, 5.41) is 0. The van der Waals surface area contributed by atoms with Crippen LogP contribution in [0.1, 0.15) is 31.1 Å². The second kappa shape index (κ2) is 7.05. The fourth-order valence-corrected chi connectivity index (χ4v) is 1.71. The average Bonchev–Trinajstić information content (AvgIpc) is 2.44. The number of nitrogens with zero attached hydrogens (tertiary/aromatic N) is 1. The minimum Gasteiger partial charge on any atom is -0.481 e. The number of hydrogen-bond acceptors (Lipinski definition) is 4. The molecule has 20 heavy (non-hydrogen) atoms. The quantitative estimate of drug-likeness (QED) is 0.800. The van der Waals surface area contributed by atoms with Gasteiger partial charge in [-0.05, 0) is 32.9 Å². The Morgan fingerprint density at radius 3 is 2.55 bits per heavy atom. The lowest BCUT2D eigenvalue weighted by atomic mass is 10.1. The normalized spacial score (nSPS) is 13.4. The molecule has 0 heterocycles. The Morgan fingerprint density at radius 1 is 1.35 bits per heavy atom. The highest BCUT2D eigenvalue weighted by molar-refractivity contribution is 5.94. The van der Waals surface area contributed by atoms with Gasteiger partial charge < -0.3 is 15.4 Å². The number of nitrogens with two attached hydrogens (primary N) is 1. The van der Waals surface area contributed by atoms with Crippen molar-refractivity contribution in [1.29, 1.82) is 0 Å². The van der Waals surface area contributed by atoms with E-state index in [-0.39, 0.29) is 17.7 Å². The third-order valence-electron chi connectivity index (χ3n) is 3.25. The van der Waals surface area contributed by atoms with Crippen molar-refractivity contribution in [1.82, 2.24) is 4.90 Å². The summed E-state index contributed by atoms with van der Waals surface area (Å²) in [4.78, 5) is 25.0. The Labute approximate surface area is 119 Å². The van der Waals surface area contributed by atoms with E-state index in [2.05, 4.69) is 0 Å². The Kier molecular flexibility index (Phi) is 5.70. The monoisotopic (exact) mass is 278 g/mol. The first-order chi connectivity index (χ1) is 9.36. The Bertz CT molecular complexity index is 488. The minimum absolute atomic E-state index is 0.0386. The van der Waals surface area contributed by atoms with Gasteiger partial charge in [0.15, 0.2) is 11.9 Å². The molecule has 0 fully saturated rings. The lowest BCUT2D eigenvalue weighted by Gasteiger charge is -2.27. The zero-order valence-corrected chi connectivity index (χ0v) is 12.4. The fourth-order valence-electron chi connectivity index (χ4n) is 1.71. The number of amides is 1. The Morgan fingerprint density at radius 2 is 2.00 bits per heavy atom. The van der Waals surface area contributed by atoms with Crippen LogP contribution in [0.5, 0.6) is 5.75 Å². The molecule has 1 rings (SSSR count). The van der Waals surface area contributed by atoms with Crippen LogP contribution in [0.25, 0.3) is 0 Å². The second-order valence-corrected chi connectivity index (χ2v) is 4.88. The minimum atomic E-state index is -0.629.